The molecule has 1 aromatic heterocycles. The van der Waals surface area contributed by atoms with Gasteiger partial charge in [0.1, 0.15) is 5.15 Å². The largest absolute Gasteiger partial charge is 0.356 e. The summed E-state index contributed by atoms with van der Waals surface area (Å²) in [6.07, 6.45) is 2.21. The highest BCUT2D eigenvalue weighted by atomic mass is 127. The number of guanidine groups is 1. The summed E-state index contributed by atoms with van der Waals surface area (Å²) in [7, 11) is 3.59. The first-order valence-corrected chi connectivity index (χ1v) is 10.5. The standard InChI is InChI=1S/C21H27Cl2N5O.HI/c1-24-21(26-13-17-12-18(22)20(23)27(17)2)25-10-5-8-19(29)28-11-9-15-6-3-4-7-16(15)14-28;/h3-4,6-7,12H,5,8-11,13-14H2,1-2H3,(H2,24,25,26);1H. The van der Waals surface area contributed by atoms with Gasteiger partial charge in [-0.2, -0.15) is 0 Å². The van der Waals surface area contributed by atoms with E-state index in [-0.39, 0.29) is 29.9 Å². The lowest BCUT2D eigenvalue weighted by molar-refractivity contribution is -0.132. The molecule has 164 valence electrons. The molecule has 0 spiro atoms. The van der Waals surface area contributed by atoms with Crippen LogP contribution in [-0.4, -0.2) is 41.5 Å². The lowest BCUT2D eigenvalue weighted by Gasteiger charge is -2.29. The monoisotopic (exact) mass is 563 g/mol. The SMILES string of the molecule is CN=C(NCCCC(=O)N1CCc2ccccc2C1)NCc1cc(Cl)c(Cl)n1C.I. The second kappa shape index (κ2) is 11.8. The summed E-state index contributed by atoms with van der Waals surface area (Å²) < 4.78 is 1.83. The molecule has 2 heterocycles. The van der Waals surface area contributed by atoms with Crippen molar-refractivity contribution in [3.8, 4) is 0 Å². The van der Waals surface area contributed by atoms with E-state index in [0.29, 0.717) is 42.2 Å². The Bertz CT molecular complexity index is 900. The number of nitrogens with zero attached hydrogens (tertiary/aromatic N) is 3. The molecule has 1 amide bonds. The maximum atomic E-state index is 12.5. The van der Waals surface area contributed by atoms with Crippen LogP contribution in [0.3, 0.4) is 0 Å². The summed E-state index contributed by atoms with van der Waals surface area (Å²) in [5, 5.41) is 7.54. The van der Waals surface area contributed by atoms with Crippen molar-refractivity contribution in [3.63, 3.8) is 0 Å². The van der Waals surface area contributed by atoms with Gasteiger partial charge in [0.2, 0.25) is 5.91 Å². The fourth-order valence-corrected chi connectivity index (χ4v) is 3.88. The Morgan fingerprint density at radius 1 is 1.20 bits per heavy atom. The Balaban J connectivity index is 0.00000320. The van der Waals surface area contributed by atoms with Gasteiger partial charge >= 0.3 is 0 Å². The zero-order valence-corrected chi connectivity index (χ0v) is 21.1. The molecule has 2 N–H and O–H groups in total. The van der Waals surface area contributed by atoms with Crippen LogP contribution in [0, 0.1) is 0 Å². The Morgan fingerprint density at radius 3 is 2.60 bits per heavy atom. The van der Waals surface area contributed by atoms with Crippen LogP contribution in [-0.2, 0) is 31.4 Å². The molecule has 0 bridgehead atoms. The average Bonchev–Trinajstić information content (AvgIpc) is 2.99. The number of nitrogens with one attached hydrogen (secondary N) is 2. The number of aliphatic imine (C=N–C) groups is 1. The number of fused-ring (bicyclic) bond motifs is 1. The van der Waals surface area contributed by atoms with E-state index in [0.717, 1.165) is 25.1 Å². The molecule has 2 aromatic rings. The van der Waals surface area contributed by atoms with Crippen LogP contribution >= 0.6 is 47.2 Å². The van der Waals surface area contributed by atoms with E-state index in [2.05, 4.69) is 33.8 Å². The first kappa shape index (κ1) is 24.8. The van der Waals surface area contributed by atoms with Crippen molar-refractivity contribution in [2.45, 2.75) is 32.4 Å². The summed E-state index contributed by atoms with van der Waals surface area (Å²) in [4.78, 5) is 18.7. The molecule has 1 aliphatic heterocycles. The molecule has 0 saturated heterocycles. The van der Waals surface area contributed by atoms with Gasteiger partial charge in [-0.15, -0.1) is 24.0 Å². The Kier molecular flexibility index (Phi) is 9.77. The second-order valence-electron chi connectivity index (χ2n) is 7.12. The van der Waals surface area contributed by atoms with Gasteiger partial charge in [-0.3, -0.25) is 9.79 Å². The van der Waals surface area contributed by atoms with E-state index in [1.54, 1.807) is 7.05 Å². The minimum atomic E-state index is 0. The number of benzene rings is 1. The quantitative estimate of drug-likeness (QED) is 0.242. The molecule has 0 saturated carbocycles. The van der Waals surface area contributed by atoms with Crippen LogP contribution in [0.25, 0.3) is 0 Å². The molecule has 0 aliphatic carbocycles. The normalized spacial score (nSPS) is 13.5. The number of aromatic nitrogens is 1. The molecular formula is C21H28Cl2IN5O. The average molecular weight is 564 g/mol. The molecule has 0 fully saturated rings. The van der Waals surface area contributed by atoms with Gasteiger partial charge in [-0.05, 0) is 30.0 Å². The molecule has 0 radical (unpaired) electrons. The molecule has 0 unspecified atom stereocenters. The third-order valence-electron chi connectivity index (χ3n) is 5.22. The zero-order chi connectivity index (χ0) is 20.8. The third-order valence-corrected chi connectivity index (χ3v) is 6.06. The van der Waals surface area contributed by atoms with Gasteiger partial charge < -0.3 is 20.1 Å². The number of rotatable bonds is 6. The minimum absolute atomic E-state index is 0. The predicted octanol–water partition coefficient (Wildman–Crippen LogP) is 3.98. The molecule has 1 aromatic carbocycles. The third kappa shape index (κ3) is 6.28. The lowest BCUT2D eigenvalue weighted by atomic mass is 9.99. The van der Waals surface area contributed by atoms with Crippen molar-refractivity contribution in [1.29, 1.82) is 0 Å². The van der Waals surface area contributed by atoms with E-state index in [4.69, 9.17) is 23.2 Å². The van der Waals surface area contributed by atoms with E-state index in [1.165, 1.54) is 11.1 Å². The highest BCUT2D eigenvalue weighted by Gasteiger charge is 2.19. The van der Waals surface area contributed by atoms with Crippen molar-refractivity contribution in [2.75, 3.05) is 20.1 Å². The van der Waals surface area contributed by atoms with Crippen LogP contribution in [0.1, 0.15) is 29.7 Å². The van der Waals surface area contributed by atoms with Gasteiger partial charge in [-0.25, -0.2) is 0 Å². The van der Waals surface area contributed by atoms with Crippen molar-refractivity contribution in [1.82, 2.24) is 20.1 Å². The highest BCUT2D eigenvalue weighted by molar-refractivity contribution is 14.0. The minimum Gasteiger partial charge on any atom is -0.356 e. The van der Waals surface area contributed by atoms with Crippen molar-refractivity contribution >= 4 is 59.0 Å². The number of amides is 1. The molecule has 3 rings (SSSR count). The van der Waals surface area contributed by atoms with Crippen LogP contribution in [0.4, 0.5) is 0 Å². The highest BCUT2D eigenvalue weighted by Crippen LogP contribution is 2.25. The summed E-state index contributed by atoms with van der Waals surface area (Å²) in [6, 6.07) is 10.2. The van der Waals surface area contributed by atoms with Crippen molar-refractivity contribution < 1.29 is 4.79 Å². The van der Waals surface area contributed by atoms with E-state index in [9.17, 15) is 4.79 Å². The summed E-state index contributed by atoms with van der Waals surface area (Å²) in [5.74, 6) is 0.884. The molecule has 0 atom stereocenters. The Morgan fingerprint density at radius 2 is 1.93 bits per heavy atom. The fraction of sp³-hybridized carbons (Fsp3) is 0.429. The van der Waals surface area contributed by atoms with E-state index >= 15 is 0 Å². The predicted molar refractivity (Wildman–Crippen MR) is 134 cm³/mol. The van der Waals surface area contributed by atoms with Crippen molar-refractivity contribution in [3.05, 3.63) is 57.3 Å². The molecule has 6 nitrogen and oxygen atoms in total. The summed E-state index contributed by atoms with van der Waals surface area (Å²) in [5.41, 5.74) is 3.58. The maximum absolute atomic E-state index is 12.5. The topological polar surface area (TPSA) is 61.7 Å². The zero-order valence-electron chi connectivity index (χ0n) is 17.3. The lowest BCUT2D eigenvalue weighted by Crippen LogP contribution is -2.39. The van der Waals surface area contributed by atoms with Gasteiger partial charge in [0.25, 0.3) is 0 Å². The number of carbonyl (C=O) groups excluding carboxylic acids is 1. The van der Waals surface area contributed by atoms with E-state index in [1.807, 2.05) is 28.6 Å². The Hall–Kier alpha value is -1.45. The fourth-order valence-electron chi connectivity index (χ4n) is 3.47. The molecule has 1 aliphatic rings. The van der Waals surface area contributed by atoms with Crippen LogP contribution in [0.2, 0.25) is 10.2 Å². The second-order valence-corrected chi connectivity index (χ2v) is 7.89. The number of hydrogen-bond acceptors (Lipinski definition) is 2. The maximum Gasteiger partial charge on any atom is 0.222 e. The van der Waals surface area contributed by atoms with Gasteiger partial charge in [0, 0.05) is 45.8 Å². The Labute approximate surface area is 205 Å². The smallest absolute Gasteiger partial charge is 0.222 e. The molecular weight excluding hydrogens is 536 g/mol. The van der Waals surface area contributed by atoms with Crippen LogP contribution in [0.15, 0.2) is 35.3 Å². The molecule has 9 heteroatoms. The number of carbonyl (C=O) groups is 1. The van der Waals surface area contributed by atoms with Gasteiger partial charge in [0.15, 0.2) is 5.96 Å². The first-order chi connectivity index (χ1) is 14.0. The molecule has 30 heavy (non-hydrogen) atoms. The first-order valence-electron chi connectivity index (χ1n) is 9.78. The number of hydrogen-bond donors (Lipinski definition) is 2. The van der Waals surface area contributed by atoms with Gasteiger partial charge in [-0.1, -0.05) is 47.5 Å². The number of halogens is 3. The summed E-state index contributed by atoms with van der Waals surface area (Å²) >= 11 is 12.1. The van der Waals surface area contributed by atoms with Crippen LogP contribution < -0.4 is 10.6 Å². The van der Waals surface area contributed by atoms with Gasteiger partial charge in [0.05, 0.1) is 11.6 Å². The van der Waals surface area contributed by atoms with Crippen LogP contribution in [0.5, 0.6) is 0 Å². The summed E-state index contributed by atoms with van der Waals surface area (Å²) in [6.45, 7) is 2.74. The van der Waals surface area contributed by atoms with Crippen molar-refractivity contribution in [2.24, 2.45) is 12.0 Å². The van der Waals surface area contributed by atoms with E-state index < -0.39 is 0 Å².